The van der Waals surface area contributed by atoms with Gasteiger partial charge >= 0.3 is 5.97 Å². The molecule has 0 saturated heterocycles. The van der Waals surface area contributed by atoms with Crippen molar-refractivity contribution in [2.75, 3.05) is 5.75 Å². The molecule has 9 nitrogen and oxygen atoms in total. The van der Waals surface area contributed by atoms with E-state index in [9.17, 15) is 14.9 Å². The number of rotatable bonds is 7. The van der Waals surface area contributed by atoms with Crippen LogP contribution in [-0.4, -0.2) is 41.5 Å². The van der Waals surface area contributed by atoms with Crippen LogP contribution in [-0.2, 0) is 11.8 Å². The van der Waals surface area contributed by atoms with E-state index in [4.69, 9.17) is 5.11 Å². The second-order valence-electron chi connectivity index (χ2n) is 7.92. The summed E-state index contributed by atoms with van der Waals surface area (Å²) in [6.07, 6.45) is 0. The molecule has 2 N–H and O–H groups in total. The summed E-state index contributed by atoms with van der Waals surface area (Å²) in [4.78, 5) is 25.0. The van der Waals surface area contributed by atoms with Gasteiger partial charge in [-0.3, -0.25) is 14.9 Å². The van der Waals surface area contributed by atoms with Crippen molar-refractivity contribution in [1.29, 1.82) is 0 Å². The number of aromatic nitrogens is 4. The van der Waals surface area contributed by atoms with Crippen molar-refractivity contribution in [2.45, 2.75) is 5.16 Å². The molecule has 0 radical (unpaired) electrons. The van der Waals surface area contributed by atoms with Crippen LogP contribution >= 0.6 is 11.8 Å². The number of hydrogen-bond acceptors (Lipinski definition) is 6. The Labute approximate surface area is 203 Å². The zero-order valence-electron chi connectivity index (χ0n) is 18.5. The van der Waals surface area contributed by atoms with Crippen LogP contribution in [0.1, 0.15) is 0 Å². The number of carboxylic acid groups (broad SMARTS) is 1. The first-order valence-electron chi connectivity index (χ1n) is 10.6. The Bertz CT molecular complexity index is 1580. The van der Waals surface area contributed by atoms with Crippen molar-refractivity contribution in [1.82, 2.24) is 19.7 Å². The van der Waals surface area contributed by atoms with Crippen LogP contribution in [0.5, 0.6) is 0 Å². The molecule has 0 atom stereocenters. The Morgan fingerprint density at radius 3 is 2.51 bits per heavy atom. The number of non-ortho nitro benzene ring substituents is 1. The van der Waals surface area contributed by atoms with E-state index in [1.165, 1.54) is 12.1 Å². The number of fused-ring (bicyclic) bond motifs is 1. The van der Waals surface area contributed by atoms with Crippen LogP contribution in [0.3, 0.4) is 0 Å². The predicted molar refractivity (Wildman–Crippen MR) is 134 cm³/mol. The van der Waals surface area contributed by atoms with Crippen LogP contribution in [0, 0.1) is 10.1 Å². The fourth-order valence-corrected chi connectivity index (χ4v) is 4.53. The first kappa shape index (κ1) is 22.4. The Kier molecular flexibility index (Phi) is 5.79. The molecular weight excluding hydrogens is 466 g/mol. The summed E-state index contributed by atoms with van der Waals surface area (Å²) in [5, 5.41) is 29.9. The number of carboxylic acids is 1. The minimum Gasteiger partial charge on any atom is -0.481 e. The minimum absolute atomic E-state index is 0.0771. The molecule has 0 unspecified atom stereocenters. The number of thioether (sulfide) groups is 1. The van der Waals surface area contributed by atoms with E-state index in [0.29, 0.717) is 22.1 Å². The van der Waals surface area contributed by atoms with Gasteiger partial charge < -0.3 is 14.7 Å². The van der Waals surface area contributed by atoms with Gasteiger partial charge in [0.25, 0.3) is 5.69 Å². The molecule has 0 aliphatic carbocycles. The average molecular weight is 486 g/mol. The van der Waals surface area contributed by atoms with Crippen molar-refractivity contribution < 1.29 is 14.8 Å². The highest BCUT2D eigenvalue weighted by Gasteiger charge is 2.16. The summed E-state index contributed by atoms with van der Waals surface area (Å²) in [7, 11) is 2.01. The third kappa shape index (κ3) is 4.51. The summed E-state index contributed by atoms with van der Waals surface area (Å²) in [6.45, 7) is 0. The Morgan fingerprint density at radius 2 is 1.77 bits per heavy atom. The normalized spacial score (nSPS) is 11.1. The number of nitrogens with one attached hydrogen (secondary N) is 1. The molecule has 35 heavy (non-hydrogen) atoms. The maximum atomic E-state index is 11.7. The topological polar surface area (TPSA) is 127 Å². The highest BCUT2D eigenvalue weighted by Crippen LogP contribution is 2.34. The highest BCUT2D eigenvalue weighted by atomic mass is 32.2. The lowest BCUT2D eigenvalue weighted by atomic mass is 10.0. The largest absolute Gasteiger partial charge is 0.481 e. The summed E-state index contributed by atoms with van der Waals surface area (Å²) in [5.41, 5.74) is 5.13. The van der Waals surface area contributed by atoms with Gasteiger partial charge in [-0.15, -0.1) is 10.2 Å². The summed E-state index contributed by atoms with van der Waals surface area (Å²) in [5.74, 6) is -0.816. The number of nitrogens with zero attached hydrogens (tertiary/aromatic N) is 4. The molecule has 174 valence electrons. The second kappa shape index (κ2) is 9.07. The van der Waals surface area contributed by atoms with Gasteiger partial charge in [0.15, 0.2) is 11.0 Å². The molecule has 0 saturated carbocycles. The molecule has 0 fully saturated rings. The molecule has 0 spiro atoms. The van der Waals surface area contributed by atoms with E-state index >= 15 is 0 Å². The monoisotopic (exact) mass is 485 g/mol. The predicted octanol–water partition coefficient (Wildman–Crippen LogP) is 5.38. The lowest BCUT2D eigenvalue weighted by molar-refractivity contribution is -0.384. The standard InChI is InChI=1S/C25H19N5O4S/c1-29-21-8-7-16(9-18(21)13-22(29)15-5-3-2-4-6-15)17-10-19(12-20(11-17)30(33)34)24-26-25(28-27-24)35-14-23(31)32/h2-13H,14H2,1H3,(H,31,32)(H,26,27,28). The molecule has 5 rings (SSSR count). The summed E-state index contributed by atoms with van der Waals surface area (Å²) in [6, 6.07) is 22.9. The number of carbonyl (C=O) groups is 1. The van der Waals surface area contributed by atoms with Gasteiger partial charge in [-0.2, -0.15) is 0 Å². The fraction of sp³-hybridized carbons (Fsp3) is 0.0800. The third-order valence-electron chi connectivity index (χ3n) is 5.65. The number of aromatic amines is 1. The van der Waals surface area contributed by atoms with Crippen LogP contribution in [0.4, 0.5) is 5.69 Å². The number of H-pyrrole nitrogens is 1. The van der Waals surface area contributed by atoms with Gasteiger partial charge in [-0.1, -0.05) is 48.2 Å². The summed E-state index contributed by atoms with van der Waals surface area (Å²) < 4.78 is 2.12. The zero-order chi connectivity index (χ0) is 24.5. The van der Waals surface area contributed by atoms with E-state index in [0.717, 1.165) is 39.5 Å². The smallest absolute Gasteiger partial charge is 0.313 e. The van der Waals surface area contributed by atoms with Crippen molar-refractivity contribution in [3.8, 4) is 33.8 Å². The van der Waals surface area contributed by atoms with Crippen molar-refractivity contribution >= 4 is 34.3 Å². The van der Waals surface area contributed by atoms with E-state index in [-0.39, 0.29) is 11.4 Å². The molecule has 0 aliphatic heterocycles. The van der Waals surface area contributed by atoms with E-state index in [1.54, 1.807) is 6.07 Å². The lowest BCUT2D eigenvalue weighted by Gasteiger charge is -2.07. The van der Waals surface area contributed by atoms with E-state index in [2.05, 4.69) is 37.9 Å². The zero-order valence-corrected chi connectivity index (χ0v) is 19.3. The van der Waals surface area contributed by atoms with Crippen LogP contribution in [0.15, 0.2) is 78.0 Å². The molecule has 2 aromatic heterocycles. The number of aryl methyl sites for hydroxylation is 1. The van der Waals surface area contributed by atoms with Gasteiger partial charge in [-0.05, 0) is 41.0 Å². The van der Waals surface area contributed by atoms with Gasteiger partial charge in [-0.25, -0.2) is 0 Å². The molecule has 3 aromatic carbocycles. The SMILES string of the molecule is Cn1c(-c2ccccc2)cc2cc(-c3cc(-c4nnc(SCC(=O)O)[nH]4)cc([N+](=O)[O-])c3)ccc21. The molecule has 5 aromatic rings. The van der Waals surface area contributed by atoms with E-state index in [1.807, 2.05) is 43.4 Å². The van der Waals surface area contributed by atoms with Gasteiger partial charge in [0.05, 0.1) is 10.7 Å². The number of nitro groups is 1. The van der Waals surface area contributed by atoms with E-state index < -0.39 is 10.9 Å². The van der Waals surface area contributed by atoms with Gasteiger partial charge in [0, 0.05) is 41.3 Å². The van der Waals surface area contributed by atoms with Gasteiger partial charge in [0.2, 0.25) is 0 Å². The second-order valence-corrected chi connectivity index (χ2v) is 8.88. The van der Waals surface area contributed by atoms with Crippen molar-refractivity contribution in [3.63, 3.8) is 0 Å². The molecule has 10 heteroatoms. The van der Waals surface area contributed by atoms with Crippen LogP contribution in [0.2, 0.25) is 0 Å². The lowest BCUT2D eigenvalue weighted by Crippen LogP contribution is -1.97. The first-order chi connectivity index (χ1) is 16.9. The first-order valence-corrected chi connectivity index (χ1v) is 11.6. The maximum Gasteiger partial charge on any atom is 0.313 e. The fourth-order valence-electron chi connectivity index (χ4n) is 4.01. The molecular formula is C25H19N5O4S. The maximum absolute atomic E-state index is 11.7. The molecule has 0 aliphatic rings. The number of aliphatic carboxylic acids is 1. The summed E-state index contributed by atoms with van der Waals surface area (Å²) >= 11 is 0.993. The van der Waals surface area contributed by atoms with Crippen LogP contribution < -0.4 is 0 Å². The molecule has 2 heterocycles. The van der Waals surface area contributed by atoms with Crippen molar-refractivity contribution in [3.05, 3.63) is 82.9 Å². The number of benzene rings is 3. The quantitative estimate of drug-likeness (QED) is 0.180. The van der Waals surface area contributed by atoms with Gasteiger partial charge in [0.1, 0.15) is 0 Å². The number of hydrogen-bond donors (Lipinski definition) is 2. The average Bonchev–Trinajstić information content (AvgIpc) is 3.47. The Morgan fingerprint density at radius 1 is 1.00 bits per heavy atom. The minimum atomic E-state index is -0.975. The number of nitro benzene ring substituents is 1. The van der Waals surface area contributed by atoms with Crippen LogP contribution in [0.25, 0.3) is 44.7 Å². The highest BCUT2D eigenvalue weighted by molar-refractivity contribution is 7.99. The molecule has 0 amide bonds. The Hall–Kier alpha value is -4.44. The third-order valence-corrected chi connectivity index (χ3v) is 6.49. The Balaban J connectivity index is 1.56. The molecule has 0 bridgehead atoms. The van der Waals surface area contributed by atoms with Crippen molar-refractivity contribution in [2.24, 2.45) is 7.05 Å².